The molecular formula is C22H17N3O5. The summed E-state index contributed by atoms with van der Waals surface area (Å²) in [7, 11) is 3.01. The predicted molar refractivity (Wildman–Crippen MR) is 109 cm³/mol. The zero-order chi connectivity index (χ0) is 21.3. The van der Waals surface area contributed by atoms with Gasteiger partial charge in [-0.3, -0.25) is 14.4 Å². The maximum Gasteiger partial charge on any atom is 0.267 e. The highest BCUT2D eigenvalue weighted by Gasteiger charge is 2.37. The Morgan fingerprint density at radius 1 is 0.933 bits per heavy atom. The monoisotopic (exact) mass is 403 g/mol. The number of carbonyl (C=O) groups excluding carboxylic acids is 3. The van der Waals surface area contributed by atoms with Crippen molar-refractivity contribution < 1.29 is 23.9 Å². The van der Waals surface area contributed by atoms with Gasteiger partial charge >= 0.3 is 0 Å². The third-order valence-electron chi connectivity index (χ3n) is 4.68. The number of carbonyl (C=O) groups is 3. The van der Waals surface area contributed by atoms with Crippen molar-refractivity contribution in [3.8, 4) is 11.5 Å². The summed E-state index contributed by atoms with van der Waals surface area (Å²) >= 11 is 0. The molecule has 1 aliphatic heterocycles. The van der Waals surface area contributed by atoms with Crippen molar-refractivity contribution in [2.75, 3.05) is 24.4 Å². The van der Waals surface area contributed by atoms with Crippen LogP contribution in [0.2, 0.25) is 0 Å². The molecule has 0 atom stereocenters. The fourth-order valence-electron chi connectivity index (χ4n) is 3.18. The number of nitrogens with zero attached hydrogens (tertiary/aromatic N) is 2. The molecule has 30 heavy (non-hydrogen) atoms. The van der Waals surface area contributed by atoms with Crippen molar-refractivity contribution in [1.82, 2.24) is 4.98 Å². The molecule has 0 aliphatic carbocycles. The lowest BCUT2D eigenvalue weighted by molar-refractivity contribution is 0.0924. The van der Waals surface area contributed by atoms with Gasteiger partial charge < -0.3 is 14.8 Å². The lowest BCUT2D eigenvalue weighted by atomic mass is 10.1. The zero-order valence-electron chi connectivity index (χ0n) is 16.2. The van der Waals surface area contributed by atoms with E-state index < -0.39 is 17.7 Å². The number of hydrogen-bond acceptors (Lipinski definition) is 6. The molecule has 0 radical (unpaired) electrons. The average Bonchev–Trinajstić information content (AvgIpc) is 3.03. The predicted octanol–water partition coefficient (Wildman–Crippen LogP) is 3.15. The Balaban J connectivity index is 1.64. The average molecular weight is 403 g/mol. The van der Waals surface area contributed by atoms with Gasteiger partial charge in [-0.1, -0.05) is 6.07 Å². The number of fused-ring (bicyclic) bond motifs is 1. The fraction of sp³-hybridized carbons (Fsp3) is 0.0909. The van der Waals surface area contributed by atoms with Crippen molar-refractivity contribution in [3.63, 3.8) is 0 Å². The van der Waals surface area contributed by atoms with Crippen LogP contribution >= 0.6 is 0 Å². The molecule has 4 rings (SSSR count). The van der Waals surface area contributed by atoms with E-state index in [1.807, 2.05) is 0 Å². The van der Waals surface area contributed by atoms with Crippen molar-refractivity contribution >= 4 is 29.2 Å². The highest BCUT2D eigenvalue weighted by Crippen LogP contribution is 2.31. The minimum Gasteiger partial charge on any atom is -0.497 e. The molecular weight excluding hydrogens is 386 g/mol. The second kappa shape index (κ2) is 7.67. The molecule has 8 nitrogen and oxygen atoms in total. The van der Waals surface area contributed by atoms with E-state index >= 15 is 0 Å². The molecule has 1 N–H and O–H groups in total. The third kappa shape index (κ3) is 3.24. The van der Waals surface area contributed by atoms with Crippen LogP contribution < -0.4 is 19.7 Å². The number of pyridine rings is 1. The quantitative estimate of drug-likeness (QED) is 0.657. The summed E-state index contributed by atoms with van der Waals surface area (Å²) in [6, 6.07) is 14.3. The molecule has 8 heteroatoms. The first kappa shape index (κ1) is 19.1. The minimum absolute atomic E-state index is 0.149. The summed E-state index contributed by atoms with van der Waals surface area (Å²) in [4.78, 5) is 43.4. The van der Waals surface area contributed by atoms with Gasteiger partial charge in [0.2, 0.25) is 0 Å². The van der Waals surface area contributed by atoms with Crippen LogP contribution in [0.15, 0.2) is 60.8 Å². The smallest absolute Gasteiger partial charge is 0.267 e. The van der Waals surface area contributed by atoms with Crippen molar-refractivity contribution in [3.05, 3.63) is 77.5 Å². The van der Waals surface area contributed by atoms with Gasteiger partial charge in [-0.05, 0) is 42.5 Å². The number of amides is 3. The fourth-order valence-corrected chi connectivity index (χ4v) is 3.18. The Morgan fingerprint density at radius 3 is 2.43 bits per heavy atom. The number of methoxy groups -OCH3 is 2. The van der Waals surface area contributed by atoms with Gasteiger partial charge in [0, 0.05) is 17.8 Å². The van der Waals surface area contributed by atoms with E-state index in [0.717, 1.165) is 4.90 Å². The number of benzene rings is 2. The van der Waals surface area contributed by atoms with Gasteiger partial charge in [0.25, 0.3) is 17.7 Å². The standard InChI is InChI=1S/C22H17N3O5/c1-29-14-7-9-18(30-2)17(12-14)24-20(26)13-6-8-15-16(11-13)22(28)25(21(15)27)19-5-3-4-10-23-19/h3-12H,1-2H3,(H,24,26). The third-order valence-corrected chi connectivity index (χ3v) is 4.68. The SMILES string of the molecule is COc1ccc(OC)c(NC(=O)c2ccc3c(c2)C(=O)N(c2ccccn2)C3=O)c1. The highest BCUT2D eigenvalue weighted by atomic mass is 16.5. The molecule has 2 aromatic carbocycles. The van der Waals surface area contributed by atoms with Gasteiger partial charge in [0.05, 0.1) is 31.0 Å². The first-order valence-corrected chi connectivity index (χ1v) is 9.00. The van der Waals surface area contributed by atoms with Gasteiger partial charge in [-0.25, -0.2) is 9.88 Å². The van der Waals surface area contributed by atoms with Crippen molar-refractivity contribution in [2.24, 2.45) is 0 Å². The van der Waals surface area contributed by atoms with E-state index in [1.54, 1.807) is 36.4 Å². The van der Waals surface area contributed by atoms with Gasteiger partial charge in [-0.2, -0.15) is 0 Å². The molecule has 150 valence electrons. The topological polar surface area (TPSA) is 97.8 Å². The van der Waals surface area contributed by atoms with E-state index in [-0.39, 0.29) is 22.5 Å². The van der Waals surface area contributed by atoms with Crippen LogP contribution in [0.25, 0.3) is 0 Å². The second-order valence-electron chi connectivity index (χ2n) is 6.41. The Kier molecular flexibility index (Phi) is 4.89. The van der Waals surface area contributed by atoms with Crippen molar-refractivity contribution in [1.29, 1.82) is 0 Å². The highest BCUT2D eigenvalue weighted by molar-refractivity contribution is 6.34. The van der Waals surface area contributed by atoms with Gasteiger partial charge in [0.15, 0.2) is 0 Å². The number of hydrogen-bond donors (Lipinski definition) is 1. The van der Waals surface area contributed by atoms with Crippen LogP contribution in [0.1, 0.15) is 31.1 Å². The lowest BCUT2D eigenvalue weighted by Crippen LogP contribution is -2.30. The summed E-state index contributed by atoms with van der Waals surface area (Å²) in [5.74, 6) is -0.223. The van der Waals surface area contributed by atoms with Crippen LogP contribution in [-0.4, -0.2) is 36.9 Å². The van der Waals surface area contributed by atoms with E-state index in [4.69, 9.17) is 9.47 Å². The summed E-state index contributed by atoms with van der Waals surface area (Å²) in [6.07, 6.45) is 1.50. The van der Waals surface area contributed by atoms with Crippen LogP contribution in [0.3, 0.4) is 0 Å². The molecule has 3 amide bonds. The van der Waals surface area contributed by atoms with Crippen LogP contribution in [-0.2, 0) is 0 Å². The van der Waals surface area contributed by atoms with Crippen LogP contribution in [0.5, 0.6) is 11.5 Å². The van der Waals surface area contributed by atoms with Crippen molar-refractivity contribution in [2.45, 2.75) is 0 Å². The summed E-state index contributed by atoms with van der Waals surface area (Å²) in [6.45, 7) is 0. The van der Waals surface area contributed by atoms with Gasteiger partial charge in [0.1, 0.15) is 17.3 Å². The van der Waals surface area contributed by atoms with E-state index in [2.05, 4.69) is 10.3 Å². The summed E-state index contributed by atoms with van der Waals surface area (Å²) < 4.78 is 10.4. The molecule has 1 aromatic heterocycles. The van der Waals surface area contributed by atoms with Crippen LogP contribution in [0, 0.1) is 0 Å². The molecule has 0 saturated carbocycles. The number of ether oxygens (including phenoxy) is 2. The minimum atomic E-state index is -0.526. The number of imide groups is 1. The van der Waals surface area contributed by atoms with Gasteiger partial charge in [-0.15, -0.1) is 0 Å². The Hall–Kier alpha value is -4.20. The summed E-state index contributed by atoms with van der Waals surface area (Å²) in [5, 5.41) is 2.75. The molecule has 3 aromatic rings. The molecule has 2 heterocycles. The largest absolute Gasteiger partial charge is 0.497 e. The molecule has 0 bridgehead atoms. The molecule has 1 aliphatic rings. The Labute approximate surface area is 172 Å². The number of rotatable bonds is 5. The van der Waals surface area contributed by atoms with Crippen LogP contribution in [0.4, 0.5) is 11.5 Å². The number of nitrogens with one attached hydrogen (secondary N) is 1. The maximum absolute atomic E-state index is 12.8. The number of aromatic nitrogens is 1. The zero-order valence-corrected chi connectivity index (χ0v) is 16.2. The first-order valence-electron chi connectivity index (χ1n) is 9.00. The Bertz CT molecular complexity index is 1160. The van der Waals surface area contributed by atoms with E-state index in [1.165, 1.54) is 38.6 Å². The van der Waals surface area contributed by atoms with E-state index in [9.17, 15) is 14.4 Å². The number of anilines is 2. The maximum atomic E-state index is 12.8. The Morgan fingerprint density at radius 2 is 1.73 bits per heavy atom. The second-order valence-corrected chi connectivity index (χ2v) is 6.41. The summed E-state index contributed by atoms with van der Waals surface area (Å²) in [5.41, 5.74) is 1.01. The normalized spacial score (nSPS) is 12.5. The molecule has 0 spiro atoms. The molecule has 0 unspecified atom stereocenters. The first-order chi connectivity index (χ1) is 14.5. The molecule has 0 saturated heterocycles. The van der Waals surface area contributed by atoms with E-state index in [0.29, 0.717) is 17.2 Å². The lowest BCUT2D eigenvalue weighted by Gasteiger charge is -2.12. The molecule has 0 fully saturated rings.